The normalized spacial score (nSPS) is 11.2. The molecule has 62 heavy (non-hydrogen) atoms. The highest BCUT2D eigenvalue weighted by Crippen LogP contribution is 2.37. The van der Waals surface area contributed by atoms with E-state index in [0.717, 1.165) is 94.7 Å². The molecule has 0 N–H and O–H groups in total. The Kier molecular flexibility index (Phi) is 9.49. The van der Waals surface area contributed by atoms with Gasteiger partial charge in [-0.05, 0) is 63.7 Å². The predicted molar refractivity (Wildman–Crippen MR) is 256 cm³/mol. The number of hydrogen-bond acceptors (Lipinski definition) is 4. The van der Waals surface area contributed by atoms with Crippen molar-refractivity contribution in [3.8, 4) is 89.8 Å². The maximum Gasteiger partial charge on any atom is 0.160 e. The first-order chi connectivity index (χ1) is 30.7. The summed E-state index contributed by atoms with van der Waals surface area (Å²) in [5.74, 6) is 0.671. The second-order valence-corrected chi connectivity index (χ2v) is 15.5. The van der Waals surface area contributed by atoms with Crippen LogP contribution < -0.4 is 0 Å². The number of pyridine rings is 2. The van der Waals surface area contributed by atoms with Crippen LogP contribution in [0.1, 0.15) is 0 Å². The first-order valence-corrected chi connectivity index (χ1v) is 20.9. The van der Waals surface area contributed by atoms with Gasteiger partial charge in [-0.15, -0.1) is 0 Å². The fraction of sp³-hybridized carbons (Fsp3) is 0. The van der Waals surface area contributed by atoms with Crippen LogP contribution in [0.4, 0.5) is 0 Å². The van der Waals surface area contributed by atoms with E-state index >= 15 is 0 Å². The molecule has 0 aliphatic rings. The molecule has 0 saturated carbocycles. The van der Waals surface area contributed by atoms with Gasteiger partial charge in [0, 0.05) is 38.6 Å². The average molecular weight is 791 g/mol. The van der Waals surface area contributed by atoms with Crippen molar-refractivity contribution in [3.05, 3.63) is 231 Å². The molecule has 4 nitrogen and oxygen atoms in total. The monoisotopic (exact) mass is 790 g/mol. The quantitative estimate of drug-likeness (QED) is 0.144. The van der Waals surface area contributed by atoms with Crippen LogP contribution in [0.25, 0.3) is 112 Å². The zero-order valence-electron chi connectivity index (χ0n) is 33.7. The van der Waals surface area contributed by atoms with Gasteiger partial charge in [-0.3, -0.25) is 0 Å². The lowest BCUT2D eigenvalue weighted by Crippen LogP contribution is -1.96. The Hall–Kier alpha value is -8.34. The third-order valence-corrected chi connectivity index (χ3v) is 11.5. The molecule has 0 amide bonds. The standard InChI is InChI=1S/C58H38N4/c1-5-15-39(16-6-1)40-27-29-44(30-28-40)55-38-54(43-21-11-4-12-22-43)61-58(62-55)49-26-14-24-47(36-49)46-23-13-25-48(35-46)53-37-51(41-17-7-2-8-18-41)50-33-31-45-32-34-52(42-19-9-3-10-20-42)59-56(45)57(50)60-53/h1-38H. The summed E-state index contributed by atoms with van der Waals surface area (Å²) in [6.45, 7) is 0. The van der Waals surface area contributed by atoms with Crippen molar-refractivity contribution in [2.45, 2.75) is 0 Å². The molecule has 0 radical (unpaired) electrons. The van der Waals surface area contributed by atoms with Crippen molar-refractivity contribution < 1.29 is 0 Å². The van der Waals surface area contributed by atoms with Gasteiger partial charge in [0.15, 0.2) is 5.82 Å². The van der Waals surface area contributed by atoms with E-state index in [1.165, 1.54) is 11.1 Å². The summed E-state index contributed by atoms with van der Waals surface area (Å²) in [6, 6.07) is 80.4. The largest absolute Gasteiger partial charge is 0.245 e. The Morgan fingerprint density at radius 1 is 0.226 bits per heavy atom. The minimum atomic E-state index is 0.671. The molecule has 3 heterocycles. The van der Waals surface area contributed by atoms with E-state index in [9.17, 15) is 0 Å². The summed E-state index contributed by atoms with van der Waals surface area (Å²) >= 11 is 0. The molecule has 290 valence electrons. The molecule has 0 fully saturated rings. The zero-order valence-corrected chi connectivity index (χ0v) is 33.7. The molecule has 4 heteroatoms. The van der Waals surface area contributed by atoms with Gasteiger partial charge in [0.25, 0.3) is 0 Å². The van der Waals surface area contributed by atoms with Crippen LogP contribution in [0.5, 0.6) is 0 Å². The number of hydrogen-bond donors (Lipinski definition) is 0. The van der Waals surface area contributed by atoms with Crippen LogP contribution in [0.3, 0.4) is 0 Å². The molecule has 0 saturated heterocycles. The predicted octanol–water partition coefficient (Wildman–Crippen LogP) is 14.9. The minimum absolute atomic E-state index is 0.671. The Balaban J connectivity index is 1.01. The molecule has 0 aliphatic heterocycles. The third-order valence-electron chi connectivity index (χ3n) is 11.5. The molecular formula is C58H38N4. The molecular weight excluding hydrogens is 753 g/mol. The average Bonchev–Trinajstić information content (AvgIpc) is 3.37. The molecule has 8 aromatic carbocycles. The van der Waals surface area contributed by atoms with Crippen molar-refractivity contribution in [2.24, 2.45) is 0 Å². The number of fused-ring (bicyclic) bond motifs is 3. The highest BCUT2D eigenvalue weighted by Gasteiger charge is 2.16. The van der Waals surface area contributed by atoms with Gasteiger partial charge < -0.3 is 0 Å². The minimum Gasteiger partial charge on any atom is -0.245 e. The number of benzene rings is 8. The third kappa shape index (κ3) is 7.20. The topological polar surface area (TPSA) is 51.6 Å². The summed E-state index contributed by atoms with van der Waals surface area (Å²) in [5.41, 5.74) is 17.2. The fourth-order valence-electron chi connectivity index (χ4n) is 8.29. The van der Waals surface area contributed by atoms with Gasteiger partial charge >= 0.3 is 0 Å². The molecule has 0 atom stereocenters. The molecule has 11 aromatic rings. The van der Waals surface area contributed by atoms with Crippen molar-refractivity contribution >= 4 is 21.8 Å². The maximum atomic E-state index is 5.41. The number of aromatic nitrogens is 4. The van der Waals surface area contributed by atoms with E-state index < -0.39 is 0 Å². The van der Waals surface area contributed by atoms with Crippen molar-refractivity contribution in [1.82, 2.24) is 19.9 Å². The lowest BCUT2D eigenvalue weighted by molar-refractivity contribution is 1.18. The maximum absolute atomic E-state index is 5.41. The second kappa shape index (κ2) is 16.0. The van der Waals surface area contributed by atoms with Gasteiger partial charge in [-0.25, -0.2) is 19.9 Å². The summed E-state index contributed by atoms with van der Waals surface area (Å²) in [6.07, 6.45) is 0. The first kappa shape index (κ1) is 36.7. The van der Waals surface area contributed by atoms with E-state index in [4.69, 9.17) is 19.9 Å². The Bertz CT molecular complexity index is 3370. The summed E-state index contributed by atoms with van der Waals surface area (Å²) in [7, 11) is 0. The fourth-order valence-corrected chi connectivity index (χ4v) is 8.29. The Labute approximate surface area is 360 Å². The summed E-state index contributed by atoms with van der Waals surface area (Å²) in [5, 5.41) is 2.12. The van der Waals surface area contributed by atoms with Gasteiger partial charge in [-0.1, -0.05) is 200 Å². The second-order valence-electron chi connectivity index (χ2n) is 15.5. The van der Waals surface area contributed by atoms with Crippen molar-refractivity contribution in [1.29, 1.82) is 0 Å². The van der Waals surface area contributed by atoms with Gasteiger partial charge in [0.1, 0.15) is 0 Å². The molecule has 3 aromatic heterocycles. The van der Waals surface area contributed by atoms with E-state index in [1.54, 1.807) is 0 Å². The van der Waals surface area contributed by atoms with E-state index in [2.05, 4.69) is 200 Å². The highest BCUT2D eigenvalue weighted by molar-refractivity contribution is 6.09. The van der Waals surface area contributed by atoms with E-state index in [-0.39, 0.29) is 0 Å². The van der Waals surface area contributed by atoms with E-state index in [1.807, 2.05) is 30.3 Å². The Morgan fingerprint density at radius 2 is 0.661 bits per heavy atom. The number of rotatable bonds is 8. The zero-order chi connectivity index (χ0) is 41.2. The summed E-state index contributed by atoms with van der Waals surface area (Å²) < 4.78 is 0. The van der Waals surface area contributed by atoms with Crippen molar-refractivity contribution in [2.75, 3.05) is 0 Å². The van der Waals surface area contributed by atoms with Crippen LogP contribution in [0.2, 0.25) is 0 Å². The van der Waals surface area contributed by atoms with Crippen LogP contribution in [-0.2, 0) is 0 Å². The molecule has 0 unspecified atom stereocenters. The van der Waals surface area contributed by atoms with Crippen molar-refractivity contribution in [3.63, 3.8) is 0 Å². The van der Waals surface area contributed by atoms with E-state index in [0.29, 0.717) is 5.82 Å². The SMILES string of the molecule is c1ccc(-c2ccc(-c3cc(-c4ccccc4)nc(-c4cccc(-c5cccc(-c6cc(-c7ccccc7)c7ccc8ccc(-c9ccccc9)nc8c7n6)c5)c4)n3)cc2)cc1. The summed E-state index contributed by atoms with van der Waals surface area (Å²) in [4.78, 5) is 21.0. The first-order valence-electron chi connectivity index (χ1n) is 20.9. The van der Waals surface area contributed by atoms with Crippen LogP contribution in [0.15, 0.2) is 231 Å². The molecule has 0 bridgehead atoms. The van der Waals surface area contributed by atoms with Crippen LogP contribution in [-0.4, -0.2) is 19.9 Å². The smallest absolute Gasteiger partial charge is 0.160 e. The molecule has 0 aliphatic carbocycles. The lowest BCUT2D eigenvalue weighted by atomic mass is 9.95. The van der Waals surface area contributed by atoms with Gasteiger partial charge in [-0.2, -0.15) is 0 Å². The molecule has 0 spiro atoms. The Morgan fingerprint density at radius 3 is 1.31 bits per heavy atom. The van der Waals surface area contributed by atoms with Crippen LogP contribution >= 0.6 is 0 Å². The highest BCUT2D eigenvalue weighted by atomic mass is 14.9. The van der Waals surface area contributed by atoms with Gasteiger partial charge in [0.05, 0.1) is 33.8 Å². The lowest BCUT2D eigenvalue weighted by Gasteiger charge is -2.14. The van der Waals surface area contributed by atoms with Crippen LogP contribution in [0, 0.1) is 0 Å². The van der Waals surface area contributed by atoms with Gasteiger partial charge in [0.2, 0.25) is 0 Å². The molecule has 11 rings (SSSR count). The number of nitrogens with zero attached hydrogens (tertiary/aromatic N) is 4.